The Bertz CT molecular complexity index is 422. The number of benzene rings is 1. The van der Waals surface area contributed by atoms with Crippen molar-refractivity contribution in [2.45, 2.75) is 5.92 Å². The molecule has 6 nitrogen and oxygen atoms in total. The molecule has 19 heavy (non-hydrogen) atoms. The summed E-state index contributed by atoms with van der Waals surface area (Å²) in [4.78, 5) is 11.3. The van der Waals surface area contributed by atoms with Crippen LogP contribution in [-0.2, 0) is 4.79 Å². The van der Waals surface area contributed by atoms with Gasteiger partial charge in [-0.15, -0.1) is 0 Å². The van der Waals surface area contributed by atoms with Crippen LogP contribution in [0.4, 0.5) is 0 Å². The summed E-state index contributed by atoms with van der Waals surface area (Å²) in [6, 6.07) is 3.30. The largest absolute Gasteiger partial charge is 0.493 e. The van der Waals surface area contributed by atoms with Gasteiger partial charge in [-0.2, -0.15) is 0 Å². The summed E-state index contributed by atoms with van der Waals surface area (Å²) >= 11 is 0. The first kappa shape index (κ1) is 15.1. The molecule has 0 fully saturated rings. The number of hydrogen-bond donors (Lipinski definition) is 2. The van der Waals surface area contributed by atoms with Gasteiger partial charge in [-0.3, -0.25) is 4.79 Å². The molecule has 6 heteroatoms. The normalized spacial score (nSPS) is 11.8. The molecule has 0 saturated carbocycles. The van der Waals surface area contributed by atoms with Crippen LogP contribution in [0.5, 0.6) is 17.2 Å². The lowest BCUT2D eigenvalue weighted by molar-refractivity contribution is -0.138. The first-order chi connectivity index (χ1) is 9.08. The first-order valence-electron chi connectivity index (χ1n) is 5.76. The number of methoxy groups -OCH3 is 3. The van der Waals surface area contributed by atoms with Crippen molar-refractivity contribution < 1.29 is 24.1 Å². The van der Waals surface area contributed by atoms with Gasteiger partial charge in [0, 0.05) is 6.54 Å². The molecule has 0 aromatic heterocycles. The lowest BCUT2D eigenvalue weighted by Gasteiger charge is -2.17. The third-order valence-corrected chi connectivity index (χ3v) is 2.80. The molecule has 0 amide bonds. The van der Waals surface area contributed by atoms with Crippen LogP contribution in [0, 0.1) is 0 Å². The van der Waals surface area contributed by atoms with Gasteiger partial charge in [0.25, 0.3) is 0 Å². The van der Waals surface area contributed by atoms with Crippen molar-refractivity contribution >= 4 is 5.97 Å². The van der Waals surface area contributed by atoms with Crippen LogP contribution < -0.4 is 19.5 Å². The Morgan fingerprint density at radius 1 is 1.21 bits per heavy atom. The second-order valence-corrected chi connectivity index (χ2v) is 3.91. The van der Waals surface area contributed by atoms with E-state index >= 15 is 0 Å². The van der Waals surface area contributed by atoms with E-state index in [0.29, 0.717) is 29.4 Å². The Hall–Kier alpha value is -1.95. The molecule has 0 bridgehead atoms. The maximum Gasteiger partial charge on any atom is 0.312 e. The molecule has 0 aliphatic carbocycles. The van der Waals surface area contributed by atoms with E-state index in [-0.39, 0.29) is 0 Å². The lowest BCUT2D eigenvalue weighted by Crippen LogP contribution is -2.24. The van der Waals surface area contributed by atoms with Crippen molar-refractivity contribution in [3.05, 3.63) is 17.7 Å². The minimum absolute atomic E-state index is 0.313. The van der Waals surface area contributed by atoms with Gasteiger partial charge in [0.05, 0.1) is 27.2 Å². The first-order valence-corrected chi connectivity index (χ1v) is 5.76. The minimum atomic E-state index is -0.913. The summed E-state index contributed by atoms with van der Waals surface area (Å²) in [7, 11) is 6.19. The number of nitrogens with one attached hydrogen (secondary N) is 1. The number of carbonyl (C=O) groups is 1. The van der Waals surface area contributed by atoms with Crippen LogP contribution in [0.25, 0.3) is 0 Å². The van der Waals surface area contributed by atoms with E-state index in [9.17, 15) is 9.90 Å². The van der Waals surface area contributed by atoms with Crippen LogP contribution in [0.2, 0.25) is 0 Å². The summed E-state index contributed by atoms with van der Waals surface area (Å²) < 4.78 is 15.6. The second-order valence-electron chi connectivity index (χ2n) is 3.91. The fourth-order valence-electron chi connectivity index (χ4n) is 1.85. The number of hydrogen-bond acceptors (Lipinski definition) is 5. The molecule has 106 valence electrons. The molecule has 1 atom stereocenters. The summed E-state index contributed by atoms with van der Waals surface area (Å²) in [5.74, 6) is -0.261. The highest BCUT2D eigenvalue weighted by Crippen LogP contribution is 2.39. The Morgan fingerprint density at radius 3 is 2.05 bits per heavy atom. The highest BCUT2D eigenvalue weighted by atomic mass is 16.5. The van der Waals surface area contributed by atoms with Crippen molar-refractivity contribution in [1.82, 2.24) is 5.32 Å². The lowest BCUT2D eigenvalue weighted by atomic mass is 9.98. The fourth-order valence-corrected chi connectivity index (χ4v) is 1.85. The summed E-state index contributed by atoms with van der Waals surface area (Å²) in [5, 5.41) is 12.1. The quantitative estimate of drug-likeness (QED) is 0.772. The van der Waals surface area contributed by atoms with Crippen molar-refractivity contribution in [3.8, 4) is 17.2 Å². The van der Waals surface area contributed by atoms with E-state index in [1.54, 1.807) is 19.2 Å². The summed E-state index contributed by atoms with van der Waals surface area (Å²) in [6.45, 7) is 0.313. The van der Waals surface area contributed by atoms with E-state index in [1.807, 2.05) is 0 Å². The standard InChI is InChI=1S/C13H19NO5/c1-14-7-9(13(15)16)8-5-10(17-2)12(19-4)11(6-8)18-3/h5-6,9,14H,7H2,1-4H3,(H,15,16). The monoisotopic (exact) mass is 269 g/mol. The van der Waals surface area contributed by atoms with Gasteiger partial charge < -0.3 is 24.6 Å². The van der Waals surface area contributed by atoms with Gasteiger partial charge in [0.1, 0.15) is 0 Å². The van der Waals surface area contributed by atoms with E-state index in [4.69, 9.17) is 14.2 Å². The number of carboxylic acids is 1. The fraction of sp³-hybridized carbons (Fsp3) is 0.462. The molecule has 0 heterocycles. The number of likely N-dealkylation sites (N-methyl/N-ethyl adjacent to an activating group) is 1. The third-order valence-electron chi connectivity index (χ3n) is 2.80. The van der Waals surface area contributed by atoms with Crippen LogP contribution in [0.3, 0.4) is 0 Å². The average molecular weight is 269 g/mol. The Kier molecular flexibility index (Phi) is 5.44. The molecular formula is C13H19NO5. The van der Waals surface area contributed by atoms with E-state index in [0.717, 1.165) is 0 Å². The van der Waals surface area contributed by atoms with Crippen molar-refractivity contribution in [1.29, 1.82) is 0 Å². The zero-order chi connectivity index (χ0) is 14.4. The molecular weight excluding hydrogens is 250 g/mol. The number of ether oxygens (including phenoxy) is 3. The number of rotatable bonds is 7. The van der Waals surface area contributed by atoms with Gasteiger partial charge in [0.15, 0.2) is 11.5 Å². The Labute approximate surface area is 112 Å². The molecule has 1 unspecified atom stereocenters. The van der Waals surface area contributed by atoms with Crippen molar-refractivity contribution in [3.63, 3.8) is 0 Å². The average Bonchev–Trinajstić information content (AvgIpc) is 2.42. The molecule has 0 radical (unpaired) electrons. The summed E-state index contributed by atoms with van der Waals surface area (Å²) in [5.41, 5.74) is 0.594. The molecule has 1 aromatic carbocycles. The van der Waals surface area contributed by atoms with Crippen LogP contribution >= 0.6 is 0 Å². The minimum Gasteiger partial charge on any atom is -0.493 e. The molecule has 0 spiro atoms. The molecule has 0 aliphatic rings. The zero-order valence-electron chi connectivity index (χ0n) is 11.5. The zero-order valence-corrected chi connectivity index (χ0v) is 11.5. The Morgan fingerprint density at radius 2 is 1.74 bits per heavy atom. The molecule has 1 aromatic rings. The second kappa shape index (κ2) is 6.84. The molecule has 1 rings (SSSR count). The van der Waals surface area contributed by atoms with Gasteiger partial charge in [0.2, 0.25) is 5.75 Å². The number of carboxylic acid groups (broad SMARTS) is 1. The van der Waals surface area contributed by atoms with Gasteiger partial charge in [-0.05, 0) is 24.7 Å². The highest BCUT2D eigenvalue weighted by molar-refractivity contribution is 5.77. The van der Waals surface area contributed by atoms with Gasteiger partial charge >= 0.3 is 5.97 Å². The number of aliphatic carboxylic acids is 1. The Balaban J connectivity index is 3.31. The van der Waals surface area contributed by atoms with E-state index in [2.05, 4.69) is 5.32 Å². The van der Waals surface area contributed by atoms with Crippen LogP contribution in [0.1, 0.15) is 11.5 Å². The maximum absolute atomic E-state index is 11.3. The third kappa shape index (κ3) is 3.29. The maximum atomic E-state index is 11.3. The van der Waals surface area contributed by atoms with E-state index < -0.39 is 11.9 Å². The SMILES string of the molecule is CNCC(C(=O)O)c1cc(OC)c(OC)c(OC)c1. The molecule has 2 N–H and O–H groups in total. The topological polar surface area (TPSA) is 77.0 Å². The van der Waals surface area contributed by atoms with Crippen molar-refractivity contribution in [2.24, 2.45) is 0 Å². The molecule has 0 aliphatic heterocycles. The van der Waals surface area contributed by atoms with E-state index in [1.165, 1.54) is 21.3 Å². The van der Waals surface area contributed by atoms with Crippen LogP contribution in [-0.4, -0.2) is 46.0 Å². The van der Waals surface area contributed by atoms with Crippen molar-refractivity contribution in [2.75, 3.05) is 34.9 Å². The van der Waals surface area contributed by atoms with Crippen LogP contribution in [0.15, 0.2) is 12.1 Å². The smallest absolute Gasteiger partial charge is 0.312 e. The predicted molar refractivity (Wildman–Crippen MR) is 70.4 cm³/mol. The van der Waals surface area contributed by atoms with Gasteiger partial charge in [-0.1, -0.05) is 0 Å². The molecule has 0 saturated heterocycles. The predicted octanol–water partition coefficient (Wildman–Crippen LogP) is 1.10. The highest BCUT2D eigenvalue weighted by Gasteiger charge is 2.23. The summed E-state index contributed by atoms with van der Waals surface area (Å²) in [6.07, 6.45) is 0. The van der Waals surface area contributed by atoms with Gasteiger partial charge in [-0.25, -0.2) is 0 Å².